The molecule has 1 heterocycles. The standard InChI is InChI=1S/C16H20N4O4S/c17-11(5-9-6-18-12-4-2-1-3-10(9)12)15(23)20-13(8-25)16(24)19-7-14(21)22/h1-4,6,11,13,18,25H,5,7-8,17H2,(H,19,24)(H,20,23)(H,21,22). The number of fused-ring (bicyclic) bond motifs is 1. The summed E-state index contributed by atoms with van der Waals surface area (Å²) in [4.78, 5) is 37.7. The lowest BCUT2D eigenvalue weighted by atomic mass is 10.0. The molecule has 9 heteroatoms. The van der Waals surface area contributed by atoms with Crippen LogP contribution < -0.4 is 16.4 Å². The van der Waals surface area contributed by atoms with Crippen LogP contribution in [0.15, 0.2) is 30.5 Å². The number of amides is 2. The topological polar surface area (TPSA) is 137 Å². The lowest BCUT2D eigenvalue weighted by Crippen LogP contribution is -2.53. The number of nitrogens with one attached hydrogen (secondary N) is 3. The first kappa shape index (κ1) is 18.8. The van der Waals surface area contributed by atoms with E-state index in [4.69, 9.17) is 10.8 Å². The van der Waals surface area contributed by atoms with Crippen LogP contribution in [0.2, 0.25) is 0 Å². The Bertz CT molecular complexity index is 776. The normalized spacial score (nSPS) is 13.2. The summed E-state index contributed by atoms with van der Waals surface area (Å²) >= 11 is 4.01. The van der Waals surface area contributed by atoms with Gasteiger partial charge in [0, 0.05) is 22.9 Å². The van der Waals surface area contributed by atoms with E-state index >= 15 is 0 Å². The van der Waals surface area contributed by atoms with Crippen LogP contribution in [0, 0.1) is 0 Å². The maximum absolute atomic E-state index is 12.2. The molecule has 2 rings (SSSR count). The predicted molar refractivity (Wildman–Crippen MR) is 96.4 cm³/mol. The Labute approximate surface area is 149 Å². The summed E-state index contributed by atoms with van der Waals surface area (Å²) in [5.74, 6) is -2.27. The van der Waals surface area contributed by atoms with Crippen molar-refractivity contribution in [2.45, 2.75) is 18.5 Å². The molecule has 134 valence electrons. The third-order valence-electron chi connectivity index (χ3n) is 3.68. The van der Waals surface area contributed by atoms with Crippen molar-refractivity contribution < 1.29 is 19.5 Å². The number of carbonyl (C=O) groups excluding carboxylic acids is 2. The van der Waals surface area contributed by atoms with E-state index in [0.717, 1.165) is 16.5 Å². The van der Waals surface area contributed by atoms with Crippen LogP contribution in [0.5, 0.6) is 0 Å². The Kier molecular flexibility index (Phi) is 6.43. The summed E-state index contributed by atoms with van der Waals surface area (Å²) in [6.07, 6.45) is 2.10. The smallest absolute Gasteiger partial charge is 0.322 e. The van der Waals surface area contributed by atoms with E-state index < -0.39 is 36.4 Å². The number of hydrogen-bond donors (Lipinski definition) is 6. The first-order valence-corrected chi connectivity index (χ1v) is 8.27. The number of thiol groups is 1. The number of para-hydroxylation sites is 1. The number of aromatic amines is 1. The first-order chi connectivity index (χ1) is 11.9. The van der Waals surface area contributed by atoms with Gasteiger partial charge in [0.15, 0.2) is 0 Å². The number of carboxylic acid groups (broad SMARTS) is 1. The minimum Gasteiger partial charge on any atom is -0.480 e. The molecule has 25 heavy (non-hydrogen) atoms. The van der Waals surface area contributed by atoms with Crippen LogP contribution in [-0.2, 0) is 20.8 Å². The minimum absolute atomic E-state index is 0.0248. The third kappa shape index (κ3) is 4.97. The molecule has 1 aromatic heterocycles. The van der Waals surface area contributed by atoms with Crippen molar-refractivity contribution in [2.75, 3.05) is 12.3 Å². The highest BCUT2D eigenvalue weighted by molar-refractivity contribution is 7.80. The number of benzene rings is 1. The van der Waals surface area contributed by atoms with E-state index in [1.54, 1.807) is 6.20 Å². The molecule has 0 saturated heterocycles. The Morgan fingerprint density at radius 2 is 1.96 bits per heavy atom. The van der Waals surface area contributed by atoms with Gasteiger partial charge in [-0.2, -0.15) is 12.6 Å². The van der Waals surface area contributed by atoms with E-state index in [1.807, 2.05) is 24.3 Å². The van der Waals surface area contributed by atoms with Crippen molar-refractivity contribution in [3.63, 3.8) is 0 Å². The highest BCUT2D eigenvalue weighted by Gasteiger charge is 2.23. The van der Waals surface area contributed by atoms with Crippen LogP contribution in [-0.4, -0.2) is 52.3 Å². The highest BCUT2D eigenvalue weighted by atomic mass is 32.1. The van der Waals surface area contributed by atoms with Crippen molar-refractivity contribution in [1.29, 1.82) is 0 Å². The van der Waals surface area contributed by atoms with Crippen molar-refractivity contribution in [3.8, 4) is 0 Å². The van der Waals surface area contributed by atoms with Gasteiger partial charge in [0.2, 0.25) is 11.8 Å². The molecule has 2 atom stereocenters. The average molecular weight is 364 g/mol. The summed E-state index contributed by atoms with van der Waals surface area (Å²) in [7, 11) is 0. The number of hydrogen-bond acceptors (Lipinski definition) is 5. The second kappa shape index (κ2) is 8.54. The summed E-state index contributed by atoms with van der Waals surface area (Å²) in [5.41, 5.74) is 7.80. The fraction of sp³-hybridized carbons (Fsp3) is 0.312. The molecule has 2 unspecified atom stereocenters. The number of nitrogens with two attached hydrogens (primary N) is 1. The van der Waals surface area contributed by atoms with E-state index in [2.05, 4.69) is 28.2 Å². The molecule has 0 spiro atoms. The van der Waals surface area contributed by atoms with E-state index in [0.29, 0.717) is 6.42 Å². The van der Waals surface area contributed by atoms with Gasteiger partial charge >= 0.3 is 5.97 Å². The zero-order valence-corrected chi connectivity index (χ0v) is 14.3. The molecular formula is C16H20N4O4S. The molecular weight excluding hydrogens is 344 g/mol. The number of aromatic nitrogens is 1. The van der Waals surface area contributed by atoms with Crippen LogP contribution in [0.4, 0.5) is 0 Å². The lowest BCUT2D eigenvalue weighted by Gasteiger charge is -2.18. The predicted octanol–water partition coefficient (Wildman–Crippen LogP) is -0.347. The van der Waals surface area contributed by atoms with Crippen molar-refractivity contribution in [2.24, 2.45) is 5.73 Å². The summed E-state index contributed by atoms with van der Waals surface area (Å²) in [6, 6.07) is 5.85. The summed E-state index contributed by atoms with van der Waals surface area (Å²) in [6.45, 7) is -0.527. The second-order valence-corrected chi connectivity index (χ2v) is 5.89. The zero-order valence-electron chi connectivity index (χ0n) is 13.4. The summed E-state index contributed by atoms with van der Waals surface area (Å²) < 4.78 is 0. The monoisotopic (exact) mass is 364 g/mol. The molecule has 1 aromatic carbocycles. The van der Waals surface area contributed by atoms with Gasteiger partial charge in [0.05, 0.1) is 6.04 Å². The van der Waals surface area contributed by atoms with Crippen molar-refractivity contribution in [1.82, 2.24) is 15.6 Å². The van der Waals surface area contributed by atoms with Gasteiger partial charge in [-0.3, -0.25) is 14.4 Å². The maximum atomic E-state index is 12.2. The molecule has 8 nitrogen and oxygen atoms in total. The molecule has 0 saturated carbocycles. The Balaban J connectivity index is 1.96. The molecule has 0 radical (unpaired) electrons. The minimum atomic E-state index is -1.17. The number of H-pyrrole nitrogens is 1. The maximum Gasteiger partial charge on any atom is 0.322 e. The molecule has 6 N–H and O–H groups in total. The Morgan fingerprint density at radius 3 is 2.64 bits per heavy atom. The van der Waals surface area contributed by atoms with Crippen molar-refractivity contribution in [3.05, 3.63) is 36.0 Å². The SMILES string of the molecule is NC(Cc1c[nH]c2ccccc12)C(=O)NC(CS)C(=O)NCC(=O)O. The van der Waals surface area contributed by atoms with E-state index in [1.165, 1.54) is 0 Å². The molecule has 2 aromatic rings. The fourth-order valence-electron chi connectivity index (χ4n) is 2.39. The molecule has 0 aliphatic carbocycles. The van der Waals surface area contributed by atoms with Gasteiger partial charge in [-0.05, 0) is 18.1 Å². The number of rotatable bonds is 8. The van der Waals surface area contributed by atoms with E-state index in [9.17, 15) is 14.4 Å². The van der Waals surface area contributed by atoms with Gasteiger partial charge in [0.1, 0.15) is 12.6 Å². The first-order valence-electron chi connectivity index (χ1n) is 7.63. The molecule has 0 aliphatic rings. The molecule has 0 fully saturated rings. The Morgan fingerprint density at radius 1 is 1.24 bits per heavy atom. The molecule has 0 aliphatic heterocycles. The molecule has 0 bridgehead atoms. The fourth-order valence-corrected chi connectivity index (χ4v) is 2.65. The van der Waals surface area contributed by atoms with Crippen molar-refractivity contribution >= 4 is 41.3 Å². The van der Waals surface area contributed by atoms with Crippen LogP contribution in [0.1, 0.15) is 5.56 Å². The average Bonchev–Trinajstić information content (AvgIpc) is 3.00. The van der Waals surface area contributed by atoms with Gasteiger partial charge in [-0.15, -0.1) is 0 Å². The van der Waals surface area contributed by atoms with Gasteiger partial charge in [0.25, 0.3) is 0 Å². The quantitative estimate of drug-likeness (QED) is 0.356. The summed E-state index contributed by atoms with van der Waals surface area (Å²) in [5, 5.41) is 14.2. The van der Waals surface area contributed by atoms with E-state index in [-0.39, 0.29) is 5.75 Å². The Hall–Kier alpha value is -2.52. The number of carbonyl (C=O) groups is 3. The van der Waals surface area contributed by atoms with Gasteiger partial charge in [-0.25, -0.2) is 0 Å². The third-order valence-corrected chi connectivity index (χ3v) is 4.05. The lowest BCUT2D eigenvalue weighted by molar-refractivity contribution is -0.138. The second-order valence-electron chi connectivity index (χ2n) is 5.53. The number of aliphatic carboxylic acids is 1. The van der Waals surface area contributed by atoms with Crippen LogP contribution in [0.25, 0.3) is 10.9 Å². The van der Waals surface area contributed by atoms with Gasteiger partial charge in [-0.1, -0.05) is 18.2 Å². The highest BCUT2D eigenvalue weighted by Crippen LogP contribution is 2.18. The zero-order chi connectivity index (χ0) is 18.4. The van der Waals surface area contributed by atoms with Gasteiger partial charge < -0.3 is 26.5 Å². The number of carboxylic acids is 1. The molecule has 2 amide bonds. The van der Waals surface area contributed by atoms with Crippen LogP contribution in [0.3, 0.4) is 0 Å². The largest absolute Gasteiger partial charge is 0.480 e. The van der Waals surface area contributed by atoms with Crippen LogP contribution >= 0.6 is 12.6 Å².